The van der Waals surface area contributed by atoms with E-state index in [0.717, 1.165) is 0 Å². The van der Waals surface area contributed by atoms with Crippen LogP contribution in [0.3, 0.4) is 0 Å². The third-order valence-corrected chi connectivity index (χ3v) is 1.45. The number of aliphatic hydroxyl groups excluding tert-OH is 1. The number of carboxylic acids is 1. The summed E-state index contributed by atoms with van der Waals surface area (Å²) >= 11 is 0. The van der Waals surface area contributed by atoms with Gasteiger partial charge >= 0.3 is 12.0 Å². The topological polar surface area (TPSA) is 98.7 Å². The Morgan fingerprint density at radius 3 is 2.57 bits per heavy atom. The van der Waals surface area contributed by atoms with E-state index in [1.807, 2.05) is 0 Å². The molecule has 2 atom stereocenters. The highest BCUT2D eigenvalue weighted by molar-refractivity contribution is 5.76. The number of aliphatic carboxylic acids is 1. The second-order valence-corrected chi connectivity index (χ2v) is 2.73. The lowest BCUT2D eigenvalue weighted by atomic mass is 10.3. The minimum Gasteiger partial charge on any atom is -0.479 e. The van der Waals surface area contributed by atoms with Crippen LogP contribution in [0.1, 0.15) is 6.92 Å². The SMILES string of the molecule is C=CC(C)NC(=O)NCC(O)C(=O)O. The van der Waals surface area contributed by atoms with Crippen molar-refractivity contribution in [3.63, 3.8) is 0 Å². The number of carbonyl (C=O) groups excluding carboxylic acids is 1. The Labute approximate surface area is 81.6 Å². The highest BCUT2D eigenvalue weighted by atomic mass is 16.4. The summed E-state index contributed by atoms with van der Waals surface area (Å²) in [5, 5.41) is 21.7. The predicted octanol–water partition coefficient (Wildman–Crippen LogP) is -0.694. The third-order valence-electron chi connectivity index (χ3n) is 1.45. The van der Waals surface area contributed by atoms with Crippen LogP contribution in [0.5, 0.6) is 0 Å². The van der Waals surface area contributed by atoms with E-state index in [1.165, 1.54) is 6.08 Å². The summed E-state index contributed by atoms with van der Waals surface area (Å²) in [4.78, 5) is 21.1. The van der Waals surface area contributed by atoms with E-state index >= 15 is 0 Å². The van der Waals surface area contributed by atoms with Gasteiger partial charge in [0.1, 0.15) is 0 Å². The standard InChI is InChI=1S/C8H14N2O4/c1-3-5(2)10-8(14)9-4-6(11)7(12)13/h3,5-6,11H,1,4H2,2H3,(H,12,13)(H2,9,10,14). The zero-order valence-corrected chi connectivity index (χ0v) is 7.86. The molecule has 0 spiro atoms. The van der Waals surface area contributed by atoms with E-state index < -0.39 is 18.1 Å². The Morgan fingerprint density at radius 1 is 1.57 bits per heavy atom. The lowest BCUT2D eigenvalue weighted by Gasteiger charge is -2.11. The van der Waals surface area contributed by atoms with E-state index in [9.17, 15) is 9.59 Å². The van der Waals surface area contributed by atoms with Crippen LogP contribution in [0.4, 0.5) is 4.79 Å². The summed E-state index contributed by atoms with van der Waals surface area (Å²) in [6.07, 6.45) is -0.0625. The Kier molecular flexibility index (Phi) is 5.31. The number of urea groups is 1. The van der Waals surface area contributed by atoms with E-state index in [2.05, 4.69) is 17.2 Å². The molecule has 0 rings (SSSR count). The maximum atomic E-state index is 11.0. The maximum absolute atomic E-state index is 11.0. The average molecular weight is 202 g/mol. The van der Waals surface area contributed by atoms with E-state index in [4.69, 9.17) is 10.2 Å². The molecule has 80 valence electrons. The molecular weight excluding hydrogens is 188 g/mol. The van der Waals surface area contributed by atoms with Gasteiger partial charge in [0.25, 0.3) is 0 Å². The summed E-state index contributed by atoms with van der Waals surface area (Å²) < 4.78 is 0. The first-order chi connectivity index (χ1) is 6.47. The average Bonchev–Trinajstić information content (AvgIpc) is 2.13. The lowest BCUT2D eigenvalue weighted by Crippen LogP contribution is -2.44. The van der Waals surface area contributed by atoms with Gasteiger partial charge in [-0.1, -0.05) is 6.08 Å². The molecule has 0 aliphatic heterocycles. The maximum Gasteiger partial charge on any atom is 0.334 e. The van der Waals surface area contributed by atoms with Crippen molar-refractivity contribution in [1.82, 2.24) is 10.6 Å². The Bertz CT molecular complexity index is 229. The molecular formula is C8H14N2O4. The van der Waals surface area contributed by atoms with E-state index in [0.29, 0.717) is 0 Å². The van der Waals surface area contributed by atoms with Gasteiger partial charge in [-0.2, -0.15) is 0 Å². The van der Waals surface area contributed by atoms with Crippen molar-refractivity contribution in [1.29, 1.82) is 0 Å². The van der Waals surface area contributed by atoms with Crippen molar-refractivity contribution < 1.29 is 19.8 Å². The smallest absolute Gasteiger partial charge is 0.334 e. The molecule has 2 amide bonds. The minimum absolute atomic E-state index is 0.211. The molecule has 0 aliphatic rings. The van der Waals surface area contributed by atoms with Gasteiger partial charge in [-0.3, -0.25) is 0 Å². The molecule has 0 aromatic rings. The molecule has 6 heteroatoms. The van der Waals surface area contributed by atoms with Gasteiger partial charge in [-0.25, -0.2) is 9.59 Å². The van der Waals surface area contributed by atoms with Crippen LogP contribution in [0, 0.1) is 0 Å². The molecule has 0 saturated carbocycles. The van der Waals surface area contributed by atoms with Crippen LogP contribution in [0.25, 0.3) is 0 Å². The Hall–Kier alpha value is -1.56. The number of hydrogen-bond acceptors (Lipinski definition) is 3. The Balaban J connectivity index is 3.74. The normalized spacial score (nSPS) is 13.9. The number of carbonyl (C=O) groups is 2. The minimum atomic E-state index is -1.58. The fourth-order valence-corrected chi connectivity index (χ4v) is 0.593. The number of nitrogens with one attached hydrogen (secondary N) is 2. The molecule has 14 heavy (non-hydrogen) atoms. The molecule has 0 saturated heterocycles. The second kappa shape index (κ2) is 5.98. The third kappa shape index (κ3) is 5.15. The van der Waals surface area contributed by atoms with Crippen molar-refractivity contribution >= 4 is 12.0 Å². The summed E-state index contributed by atoms with van der Waals surface area (Å²) in [5.74, 6) is -1.37. The van der Waals surface area contributed by atoms with Gasteiger partial charge in [0.2, 0.25) is 0 Å². The van der Waals surface area contributed by atoms with Gasteiger partial charge in [0.05, 0.1) is 6.54 Å². The number of amides is 2. The monoisotopic (exact) mass is 202 g/mol. The number of hydrogen-bond donors (Lipinski definition) is 4. The predicted molar refractivity (Wildman–Crippen MR) is 49.8 cm³/mol. The van der Waals surface area contributed by atoms with Crippen LogP contribution in [-0.4, -0.2) is 40.9 Å². The zero-order chi connectivity index (χ0) is 11.1. The van der Waals surface area contributed by atoms with Gasteiger partial charge in [0, 0.05) is 6.04 Å². The number of aliphatic hydroxyl groups is 1. The van der Waals surface area contributed by atoms with Crippen LogP contribution in [0.15, 0.2) is 12.7 Å². The quantitative estimate of drug-likeness (QED) is 0.443. The summed E-state index contributed by atoms with van der Waals surface area (Å²) in [6.45, 7) is 4.83. The van der Waals surface area contributed by atoms with Crippen molar-refractivity contribution in [3.05, 3.63) is 12.7 Å². The first-order valence-corrected chi connectivity index (χ1v) is 4.05. The van der Waals surface area contributed by atoms with Crippen molar-refractivity contribution in [2.75, 3.05) is 6.54 Å². The number of rotatable bonds is 5. The van der Waals surface area contributed by atoms with Gasteiger partial charge in [-0.15, -0.1) is 6.58 Å². The highest BCUT2D eigenvalue weighted by Crippen LogP contribution is 1.83. The van der Waals surface area contributed by atoms with Gasteiger partial charge < -0.3 is 20.8 Å². The molecule has 0 aliphatic carbocycles. The first kappa shape index (κ1) is 12.4. The van der Waals surface area contributed by atoms with E-state index in [1.54, 1.807) is 6.92 Å². The largest absolute Gasteiger partial charge is 0.479 e. The molecule has 2 unspecified atom stereocenters. The van der Waals surface area contributed by atoms with Crippen molar-refractivity contribution in [3.8, 4) is 0 Å². The van der Waals surface area contributed by atoms with E-state index in [-0.39, 0.29) is 12.6 Å². The molecule has 0 aromatic carbocycles. The van der Waals surface area contributed by atoms with Crippen molar-refractivity contribution in [2.45, 2.75) is 19.1 Å². The number of carboxylic acid groups (broad SMARTS) is 1. The zero-order valence-electron chi connectivity index (χ0n) is 7.86. The van der Waals surface area contributed by atoms with Crippen LogP contribution < -0.4 is 10.6 Å². The van der Waals surface area contributed by atoms with Crippen molar-refractivity contribution in [2.24, 2.45) is 0 Å². The molecule has 0 bridgehead atoms. The second-order valence-electron chi connectivity index (χ2n) is 2.73. The van der Waals surface area contributed by atoms with Gasteiger partial charge in [-0.05, 0) is 6.92 Å². The fraction of sp³-hybridized carbons (Fsp3) is 0.500. The van der Waals surface area contributed by atoms with Gasteiger partial charge in [0.15, 0.2) is 6.10 Å². The molecule has 0 aromatic heterocycles. The summed E-state index contributed by atoms with van der Waals surface area (Å²) in [6, 6.07) is -0.755. The Morgan fingerprint density at radius 2 is 2.14 bits per heavy atom. The summed E-state index contributed by atoms with van der Waals surface area (Å²) in [7, 11) is 0. The molecule has 6 nitrogen and oxygen atoms in total. The molecule has 0 fully saturated rings. The lowest BCUT2D eigenvalue weighted by molar-refractivity contribution is -0.146. The summed E-state index contributed by atoms with van der Waals surface area (Å²) in [5.41, 5.74) is 0. The van der Waals surface area contributed by atoms with Crippen LogP contribution in [0.2, 0.25) is 0 Å². The molecule has 0 heterocycles. The first-order valence-electron chi connectivity index (χ1n) is 4.05. The van der Waals surface area contributed by atoms with Crippen LogP contribution >= 0.6 is 0 Å². The highest BCUT2D eigenvalue weighted by Gasteiger charge is 2.14. The van der Waals surface area contributed by atoms with Crippen LogP contribution in [-0.2, 0) is 4.79 Å². The molecule has 4 N–H and O–H groups in total. The molecule has 0 radical (unpaired) electrons. The fourth-order valence-electron chi connectivity index (χ4n) is 0.593.